The molecule has 13 N–H and O–H groups in total. The van der Waals surface area contributed by atoms with Crippen LogP contribution in [0.4, 0.5) is 0 Å². The highest BCUT2D eigenvalue weighted by Crippen LogP contribution is 2.14. The largest absolute Gasteiger partial charge is 0.508 e. The Hall–Kier alpha value is -5.10. The molecule has 0 fully saturated rings. The maximum absolute atomic E-state index is 14.0. The first-order valence-corrected chi connectivity index (χ1v) is 18.4. The number of carbonyl (C=O) groups excluding carboxylic acids is 5. The van der Waals surface area contributed by atoms with E-state index < -0.39 is 89.9 Å². The number of carbonyl (C=O) groups is 6. The van der Waals surface area contributed by atoms with Crippen molar-refractivity contribution in [3.63, 3.8) is 0 Å². The zero-order valence-electron chi connectivity index (χ0n) is 31.7. The topological polar surface area (TPSA) is 296 Å². The molecular formula is C38H57N7O10. The van der Waals surface area contributed by atoms with E-state index in [0.29, 0.717) is 36.9 Å². The number of aliphatic carboxylic acids is 1. The van der Waals surface area contributed by atoms with Crippen molar-refractivity contribution in [3.8, 4) is 5.75 Å². The highest BCUT2D eigenvalue weighted by atomic mass is 16.4. The van der Waals surface area contributed by atoms with Gasteiger partial charge in [-0.1, -0.05) is 62.7 Å². The van der Waals surface area contributed by atoms with Gasteiger partial charge in [0.05, 0.1) is 12.2 Å². The number of aliphatic hydroxyl groups excluding tert-OH is 2. The third-order valence-corrected chi connectivity index (χ3v) is 9.16. The summed E-state index contributed by atoms with van der Waals surface area (Å²) in [6, 6.07) is 6.30. The summed E-state index contributed by atoms with van der Waals surface area (Å²) < 4.78 is 0. The Labute approximate surface area is 321 Å². The van der Waals surface area contributed by atoms with E-state index >= 15 is 0 Å². The highest BCUT2D eigenvalue weighted by Gasteiger charge is 2.36. The van der Waals surface area contributed by atoms with Gasteiger partial charge in [0, 0.05) is 12.8 Å². The molecule has 0 saturated carbocycles. The quantitative estimate of drug-likeness (QED) is 0.0604. The van der Waals surface area contributed by atoms with Crippen molar-refractivity contribution in [2.75, 3.05) is 6.54 Å². The van der Waals surface area contributed by atoms with Crippen molar-refractivity contribution < 1.29 is 49.2 Å². The fourth-order valence-electron chi connectivity index (χ4n) is 5.51. The molecule has 2 aromatic rings. The van der Waals surface area contributed by atoms with Crippen molar-refractivity contribution in [3.05, 3.63) is 65.7 Å². The molecule has 304 valence electrons. The number of nitrogens with one attached hydrogen (secondary N) is 5. The number of rotatable bonds is 23. The minimum absolute atomic E-state index is 0.0215. The van der Waals surface area contributed by atoms with Gasteiger partial charge >= 0.3 is 5.97 Å². The Morgan fingerprint density at radius 1 is 0.636 bits per heavy atom. The third kappa shape index (κ3) is 15.3. The van der Waals surface area contributed by atoms with E-state index in [9.17, 15) is 49.2 Å². The molecule has 0 radical (unpaired) electrons. The molecule has 0 unspecified atom stereocenters. The van der Waals surface area contributed by atoms with Crippen molar-refractivity contribution in [1.29, 1.82) is 0 Å². The SMILES string of the molecule is CC[C@H](C)[C@H](NC(=O)[C@@H](N)[C@@H](C)O)C(=O)N[C@H](C(=O)N[C@@H](Cc1ccc(O)cc1)C(=O)N[C@@H](CCCCN)C(=O)N[C@@H](Cc1ccccc1)C(=O)O)[C@@H](C)O. The highest BCUT2D eigenvalue weighted by molar-refractivity contribution is 5.96. The average Bonchev–Trinajstić information content (AvgIpc) is 3.15. The Kier molecular flexibility index (Phi) is 19.2. The molecule has 17 nitrogen and oxygen atoms in total. The van der Waals surface area contributed by atoms with Gasteiger partial charge in [-0.3, -0.25) is 24.0 Å². The van der Waals surface area contributed by atoms with E-state index in [0.717, 1.165) is 0 Å². The van der Waals surface area contributed by atoms with Gasteiger partial charge < -0.3 is 58.5 Å². The number of unbranched alkanes of at least 4 members (excludes halogenated alkanes) is 1. The molecule has 0 spiro atoms. The Bertz CT molecular complexity index is 1560. The second kappa shape index (κ2) is 23.0. The van der Waals surface area contributed by atoms with Gasteiger partial charge in [0.25, 0.3) is 0 Å². The molecule has 55 heavy (non-hydrogen) atoms. The summed E-state index contributed by atoms with van der Waals surface area (Å²) in [5.41, 5.74) is 12.6. The minimum atomic E-state index is -1.63. The summed E-state index contributed by atoms with van der Waals surface area (Å²) >= 11 is 0. The number of aromatic hydroxyl groups is 1. The number of aliphatic hydroxyl groups is 2. The number of hydrogen-bond acceptors (Lipinski definition) is 11. The number of carboxylic acids is 1. The van der Waals surface area contributed by atoms with Crippen LogP contribution in [-0.4, -0.2) is 111 Å². The van der Waals surface area contributed by atoms with E-state index in [1.54, 1.807) is 44.2 Å². The smallest absolute Gasteiger partial charge is 0.326 e. The summed E-state index contributed by atoms with van der Waals surface area (Å²) in [6.07, 6.45) is -1.50. The number of nitrogens with two attached hydrogens (primary N) is 2. The maximum atomic E-state index is 14.0. The summed E-state index contributed by atoms with van der Waals surface area (Å²) in [5, 5.41) is 52.7. The van der Waals surface area contributed by atoms with Crippen LogP contribution in [0.1, 0.15) is 64.5 Å². The lowest BCUT2D eigenvalue weighted by Crippen LogP contribution is -2.62. The molecular weight excluding hydrogens is 714 g/mol. The lowest BCUT2D eigenvalue weighted by Gasteiger charge is -2.30. The van der Waals surface area contributed by atoms with E-state index in [-0.39, 0.29) is 25.0 Å². The average molecular weight is 772 g/mol. The van der Waals surface area contributed by atoms with Crippen LogP contribution in [0.3, 0.4) is 0 Å². The number of hydrogen-bond donors (Lipinski definition) is 11. The van der Waals surface area contributed by atoms with Crippen molar-refractivity contribution in [1.82, 2.24) is 26.6 Å². The number of phenols is 1. The normalized spacial score (nSPS) is 16.1. The van der Waals surface area contributed by atoms with Crippen molar-refractivity contribution in [2.24, 2.45) is 17.4 Å². The van der Waals surface area contributed by atoms with Gasteiger partial charge in [-0.05, 0) is 68.8 Å². The Morgan fingerprint density at radius 3 is 1.69 bits per heavy atom. The molecule has 2 rings (SSSR count). The van der Waals surface area contributed by atoms with Gasteiger partial charge in [0.15, 0.2) is 0 Å². The molecule has 17 heteroatoms. The molecule has 9 atom stereocenters. The predicted molar refractivity (Wildman–Crippen MR) is 203 cm³/mol. The van der Waals surface area contributed by atoms with Crippen molar-refractivity contribution in [2.45, 2.75) is 115 Å². The molecule has 0 bridgehead atoms. The lowest BCUT2D eigenvalue weighted by molar-refractivity contribution is -0.142. The molecule has 0 saturated heterocycles. The van der Waals surface area contributed by atoms with Gasteiger partial charge in [0.2, 0.25) is 29.5 Å². The fourth-order valence-corrected chi connectivity index (χ4v) is 5.51. The minimum Gasteiger partial charge on any atom is -0.508 e. The van der Waals surface area contributed by atoms with Crippen molar-refractivity contribution >= 4 is 35.5 Å². The van der Waals surface area contributed by atoms with Gasteiger partial charge in [-0.2, -0.15) is 0 Å². The van der Waals surface area contributed by atoms with Crippen LogP contribution in [0.25, 0.3) is 0 Å². The molecule has 0 aliphatic rings. The van der Waals surface area contributed by atoms with Crippen LogP contribution in [0.15, 0.2) is 54.6 Å². The Balaban J connectivity index is 2.38. The van der Waals surface area contributed by atoms with Crippen LogP contribution >= 0.6 is 0 Å². The molecule has 0 aliphatic carbocycles. The number of carboxylic acid groups (broad SMARTS) is 1. The molecule has 2 aromatic carbocycles. The fraction of sp³-hybridized carbons (Fsp3) is 0.526. The maximum Gasteiger partial charge on any atom is 0.326 e. The van der Waals surface area contributed by atoms with E-state index in [2.05, 4.69) is 26.6 Å². The second-order valence-corrected chi connectivity index (χ2v) is 13.7. The number of benzene rings is 2. The summed E-state index contributed by atoms with van der Waals surface area (Å²) in [6.45, 7) is 6.30. The van der Waals surface area contributed by atoms with Crippen LogP contribution < -0.4 is 38.1 Å². The van der Waals surface area contributed by atoms with Crippen LogP contribution in [-0.2, 0) is 41.6 Å². The van der Waals surface area contributed by atoms with Crippen LogP contribution in [0.5, 0.6) is 5.75 Å². The monoisotopic (exact) mass is 771 g/mol. The summed E-state index contributed by atoms with van der Waals surface area (Å²) in [7, 11) is 0. The number of amides is 5. The molecule has 0 aliphatic heterocycles. The first kappa shape index (κ1) is 46.1. The zero-order chi connectivity index (χ0) is 41.2. The molecule has 0 aromatic heterocycles. The standard InChI is InChI=1S/C38H57N7O10/c1-5-21(2)31(44-35(51)30(40)22(3)46)36(52)45-32(23(4)47)37(53)42-28(19-25-14-16-26(48)17-15-25)34(50)41-27(13-9-10-18-39)33(49)43-29(38(54)55)20-24-11-7-6-8-12-24/h6-8,11-12,14-17,21-23,27-32,46-48H,5,9-10,13,18-20,39-40H2,1-4H3,(H,41,50)(H,42,53)(H,43,49)(H,44,51)(H,45,52)(H,54,55)/t21-,22+,23+,27-,28-,29-,30-,31-,32-/m0/s1. The first-order chi connectivity index (χ1) is 26.0. The summed E-state index contributed by atoms with van der Waals surface area (Å²) in [4.78, 5) is 79.6. The number of phenolic OH excluding ortho intramolecular Hbond substituents is 1. The van der Waals surface area contributed by atoms with E-state index in [1.165, 1.54) is 38.1 Å². The Morgan fingerprint density at radius 2 is 1.15 bits per heavy atom. The lowest BCUT2D eigenvalue weighted by atomic mass is 9.96. The molecule has 0 heterocycles. The van der Waals surface area contributed by atoms with Gasteiger partial charge in [-0.25, -0.2) is 4.79 Å². The first-order valence-electron chi connectivity index (χ1n) is 18.4. The van der Waals surface area contributed by atoms with Crippen LogP contribution in [0, 0.1) is 5.92 Å². The van der Waals surface area contributed by atoms with Crippen LogP contribution in [0.2, 0.25) is 0 Å². The summed E-state index contributed by atoms with van der Waals surface area (Å²) in [5.74, 6) is -6.03. The van der Waals surface area contributed by atoms with Gasteiger partial charge in [0.1, 0.15) is 42.0 Å². The predicted octanol–water partition coefficient (Wildman–Crippen LogP) is -1.05. The third-order valence-electron chi connectivity index (χ3n) is 9.16. The van der Waals surface area contributed by atoms with E-state index in [4.69, 9.17) is 11.5 Å². The second-order valence-electron chi connectivity index (χ2n) is 13.7. The van der Waals surface area contributed by atoms with E-state index in [1.807, 2.05) is 0 Å². The van der Waals surface area contributed by atoms with Gasteiger partial charge in [-0.15, -0.1) is 0 Å². The zero-order valence-corrected chi connectivity index (χ0v) is 31.7. The molecule has 5 amide bonds.